The molecule has 0 saturated heterocycles. The van der Waals surface area contributed by atoms with E-state index in [1.165, 1.54) is 11.3 Å². The molecule has 0 amide bonds. The predicted octanol–water partition coefficient (Wildman–Crippen LogP) is 2.77. The fourth-order valence-electron chi connectivity index (χ4n) is 0.995. The molecule has 1 N–H and O–H groups in total. The van der Waals surface area contributed by atoms with Crippen molar-refractivity contribution in [3.05, 3.63) is 27.6 Å². The van der Waals surface area contributed by atoms with Gasteiger partial charge in [0.15, 0.2) is 0 Å². The van der Waals surface area contributed by atoms with Crippen molar-refractivity contribution in [1.82, 2.24) is 9.97 Å². The number of nitrogens with one attached hydrogen (secondary N) is 1. The number of H-pyrrole nitrogens is 1. The van der Waals surface area contributed by atoms with Crippen LogP contribution in [0.4, 0.5) is 0 Å². The Kier molecular flexibility index (Phi) is 2.53. The smallest absolute Gasteiger partial charge is 0.268 e. The van der Waals surface area contributed by atoms with Gasteiger partial charge in [-0.3, -0.25) is 4.79 Å². The van der Waals surface area contributed by atoms with Gasteiger partial charge >= 0.3 is 0 Å². The van der Waals surface area contributed by atoms with E-state index in [9.17, 15) is 4.79 Å². The molecule has 0 radical (unpaired) electrons. The summed E-state index contributed by atoms with van der Waals surface area (Å²) in [4.78, 5) is 18.4. The van der Waals surface area contributed by atoms with E-state index in [4.69, 9.17) is 0 Å². The lowest BCUT2D eigenvalue weighted by atomic mass is 10.4. The normalized spacial score (nSPS) is 11.3. The van der Waals surface area contributed by atoms with E-state index in [2.05, 4.69) is 41.8 Å². The molecule has 2 aromatic rings. The maximum atomic E-state index is 11.4. The predicted molar refractivity (Wildman–Crippen MR) is 60.8 cm³/mol. The van der Waals surface area contributed by atoms with Crippen LogP contribution in [0.25, 0.3) is 10.2 Å². The molecule has 0 bridgehead atoms. The van der Waals surface area contributed by atoms with Gasteiger partial charge in [-0.25, -0.2) is 4.98 Å². The minimum atomic E-state index is -0.114. The standard InChI is InChI=1S/C7H4Br2N2OS/c8-5(9)6-10-3-1-2-13-4(3)7(12)11-6/h1-2,5H,(H,10,11,12). The number of nitrogens with zero attached hydrogens (tertiary/aromatic N) is 1. The molecule has 2 heterocycles. The van der Waals surface area contributed by atoms with Crippen LogP contribution in [-0.2, 0) is 0 Å². The lowest BCUT2D eigenvalue weighted by Crippen LogP contribution is -2.09. The molecule has 0 unspecified atom stereocenters. The van der Waals surface area contributed by atoms with Crippen LogP contribution in [0.15, 0.2) is 16.2 Å². The van der Waals surface area contributed by atoms with Gasteiger partial charge in [-0.2, -0.15) is 0 Å². The SMILES string of the molecule is O=c1[nH]c(C(Br)Br)nc2ccsc12. The second-order valence-corrected chi connectivity index (χ2v) is 6.36. The zero-order valence-electron chi connectivity index (χ0n) is 6.25. The Hall–Kier alpha value is -0.200. The molecule has 0 aliphatic carbocycles. The first-order chi connectivity index (χ1) is 6.18. The largest absolute Gasteiger partial charge is 0.308 e. The number of alkyl halides is 2. The van der Waals surface area contributed by atoms with Crippen LogP contribution < -0.4 is 5.56 Å². The van der Waals surface area contributed by atoms with Gasteiger partial charge in [-0.05, 0) is 11.4 Å². The van der Waals surface area contributed by atoms with Crippen molar-refractivity contribution in [3.8, 4) is 0 Å². The van der Waals surface area contributed by atoms with Crippen LogP contribution in [0.2, 0.25) is 0 Å². The van der Waals surface area contributed by atoms with E-state index in [1.54, 1.807) is 0 Å². The molecule has 6 heteroatoms. The Bertz CT molecular complexity index is 490. The van der Waals surface area contributed by atoms with Gasteiger partial charge in [0.05, 0.1) is 5.52 Å². The van der Waals surface area contributed by atoms with Gasteiger partial charge in [-0.15, -0.1) is 11.3 Å². The van der Waals surface area contributed by atoms with Crippen LogP contribution >= 0.6 is 43.2 Å². The second-order valence-electron chi connectivity index (χ2n) is 2.39. The lowest BCUT2D eigenvalue weighted by molar-refractivity contribution is 1.05. The van der Waals surface area contributed by atoms with E-state index in [1.807, 2.05) is 11.4 Å². The highest BCUT2D eigenvalue weighted by molar-refractivity contribution is 9.24. The third kappa shape index (κ3) is 1.70. The summed E-state index contributed by atoms with van der Waals surface area (Å²) < 4.78 is 0.557. The van der Waals surface area contributed by atoms with Gasteiger partial charge in [0.25, 0.3) is 5.56 Å². The number of hydrogen-bond donors (Lipinski definition) is 1. The highest BCUT2D eigenvalue weighted by Crippen LogP contribution is 2.26. The first-order valence-electron chi connectivity index (χ1n) is 3.44. The molecule has 0 aromatic carbocycles. The van der Waals surface area contributed by atoms with E-state index < -0.39 is 0 Å². The van der Waals surface area contributed by atoms with Crippen LogP contribution in [-0.4, -0.2) is 9.97 Å². The molecule has 0 spiro atoms. The maximum absolute atomic E-state index is 11.4. The van der Waals surface area contributed by atoms with Gasteiger partial charge in [0.2, 0.25) is 0 Å². The van der Waals surface area contributed by atoms with E-state index in [0.717, 1.165) is 5.52 Å². The minimum absolute atomic E-state index is 0.0844. The summed E-state index contributed by atoms with van der Waals surface area (Å²) in [5.74, 6) is 0.593. The summed E-state index contributed by atoms with van der Waals surface area (Å²) in [6.07, 6.45) is 0. The lowest BCUT2D eigenvalue weighted by Gasteiger charge is -1.99. The van der Waals surface area contributed by atoms with Gasteiger partial charge in [0.1, 0.15) is 14.3 Å². The summed E-state index contributed by atoms with van der Waals surface area (Å²) in [6, 6.07) is 1.83. The number of hydrogen-bond acceptors (Lipinski definition) is 3. The van der Waals surface area contributed by atoms with Crippen molar-refractivity contribution in [3.63, 3.8) is 0 Å². The number of rotatable bonds is 1. The van der Waals surface area contributed by atoms with Gasteiger partial charge in [0, 0.05) is 0 Å². The van der Waals surface area contributed by atoms with Crippen LogP contribution in [0, 0.1) is 0 Å². The molecule has 13 heavy (non-hydrogen) atoms. The summed E-state index contributed by atoms with van der Waals surface area (Å²) in [5, 5.41) is 1.86. The average molecular weight is 324 g/mol. The number of fused-ring (bicyclic) bond motifs is 1. The number of thiophene rings is 1. The molecule has 0 aliphatic heterocycles. The molecular weight excluding hydrogens is 320 g/mol. The van der Waals surface area contributed by atoms with Crippen LogP contribution in [0.5, 0.6) is 0 Å². The monoisotopic (exact) mass is 322 g/mol. The van der Waals surface area contributed by atoms with E-state index in [-0.39, 0.29) is 9.30 Å². The highest BCUT2D eigenvalue weighted by atomic mass is 79.9. The fourth-order valence-corrected chi connectivity index (χ4v) is 2.15. The zero-order valence-corrected chi connectivity index (χ0v) is 10.2. The van der Waals surface area contributed by atoms with Crippen LogP contribution in [0.3, 0.4) is 0 Å². The Balaban J connectivity index is 2.77. The first kappa shape index (κ1) is 9.36. The van der Waals surface area contributed by atoms with E-state index in [0.29, 0.717) is 10.5 Å². The molecule has 0 aliphatic rings. The summed E-state index contributed by atoms with van der Waals surface area (Å²) >= 11 is 7.95. The number of aromatic amines is 1. The molecular formula is C7H4Br2N2OS. The molecule has 0 atom stereocenters. The number of aromatic nitrogens is 2. The Morgan fingerprint density at radius 3 is 3.00 bits per heavy atom. The molecule has 68 valence electrons. The average Bonchev–Trinajstić information content (AvgIpc) is 2.51. The van der Waals surface area contributed by atoms with Crippen molar-refractivity contribution >= 4 is 53.4 Å². The fraction of sp³-hybridized carbons (Fsp3) is 0.143. The number of halogens is 2. The van der Waals surface area contributed by atoms with Crippen LogP contribution in [0.1, 0.15) is 9.56 Å². The molecule has 0 saturated carbocycles. The summed E-state index contributed by atoms with van der Waals surface area (Å²) in [5.41, 5.74) is 0.659. The molecule has 3 nitrogen and oxygen atoms in total. The molecule has 2 rings (SSSR count). The third-order valence-electron chi connectivity index (χ3n) is 1.54. The molecule has 0 fully saturated rings. The Morgan fingerprint density at radius 2 is 2.31 bits per heavy atom. The third-order valence-corrected chi connectivity index (χ3v) is 3.31. The molecule has 2 aromatic heterocycles. The van der Waals surface area contributed by atoms with E-state index >= 15 is 0 Å². The highest BCUT2D eigenvalue weighted by Gasteiger charge is 2.09. The summed E-state index contributed by atoms with van der Waals surface area (Å²) in [7, 11) is 0. The topological polar surface area (TPSA) is 45.8 Å². The van der Waals surface area contributed by atoms with Gasteiger partial charge < -0.3 is 4.98 Å². The van der Waals surface area contributed by atoms with Crippen molar-refractivity contribution in [2.24, 2.45) is 0 Å². The summed E-state index contributed by atoms with van der Waals surface area (Å²) in [6.45, 7) is 0. The van der Waals surface area contributed by atoms with Crippen molar-refractivity contribution in [2.45, 2.75) is 3.74 Å². The Labute approximate surface area is 94.5 Å². The zero-order chi connectivity index (χ0) is 9.42. The Morgan fingerprint density at radius 1 is 1.54 bits per heavy atom. The van der Waals surface area contributed by atoms with Gasteiger partial charge in [-0.1, -0.05) is 31.9 Å². The maximum Gasteiger partial charge on any atom is 0.268 e. The van der Waals surface area contributed by atoms with Crippen molar-refractivity contribution in [1.29, 1.82) is 0 Å². The quantitative estimate of drug-likeness (QED) is 0.820. The first-order valence-corrected chi connectivity index (χ1v) is 6.15. The minimum Gasteiger partial charge on any atom is -0.308 e. The van der Waals surface area contributed by atoms with Crippen molar-refractivity contribution in [2.75, 3.05) is 0 Å². The van der Waals surface area contributed by atoms with Crippen molar-refractivity contribution < 1.29 is 0 Å². The second kappa shape index (κ2) is 3.51.